The van der Waals surface area contributed by atoms with Crippen LogP contribution >= 0.6 is 11.6 Å². The summed E-state index contributed by atoms with van der Waals surface area (Å²) in [7, 11) is 0. The van der Waals surface area contributed by atoms with E-state index in [9.17, 15) is 14.7 Å². The Balaban J connectivity index is 1.47. The van der Waals surface area contributed by atoms with Gasteiger partial charge in [-0.15, -0.1) is 0 Å². The fourth-order valence-electron chi connectivity index (χ4n) is 4.08. The molecule has 0 spiro atoms. The van der Waals surface area contributed by atoms with Crippen LogP contribution in [0.25, 0.3) is 0 Å². The van der Waals surface area contributed by atoms with Gasteiger partial charge in [-0.05, 0) is 31.2 Å². The number of amidine groups is 1. The summed E-state index contributed by atoms with van der Waals surface area (Å²) in [6.07, 6.45) is 1.31. The largest absolute Gasteiger partial charge is 0.478 e. The highest BCUT2D eigenvalue weighted by molar-refractivity contribution is 6.31. The summed E-state index contributed by atoms with van der Waals surface area (Å²) in [4.78, 5) is 38.0. The van der Waals surface area contributed by atoms with Crippen molar-refractivity contribution in [3.8, 4) is 0 Å². The number of pyridine rings is 1. The highest BCUT2D eigenvalue weighted by atomic mass is 35.5. The second-order valence-electron chi connectivity index (χ2n) is 8.44. The van der Waals surface area contributed by atoms with Crippen LogP contribution in [0.3, 0.4) is 0 Å². The molecule has 12 heteroatoms. The Hall–Kier alpha value is -4.90. The maximum atomic E-state index is 13.4. The number of carbonyl (C=O) groups excluding carboxylic acids is 1. The van der Waals surface area contributed by atoms with E-state index in [1.165, 1.54) is 18.3 Å². The molecule has 0 fully saturated rings. The number of anilines is 2. The summed E-state index contributed by atoms with van der Waals surface area (Å²) < 4.78 is 5.73. The maximum absolute atomic E-state index is 13.4. The topological polar surface area (TPSA) is 163 Å². The number of hydrogen-bond acceptors (Lipinski definition) is 9. The molecule has 3 heterocycles. The molecule has 11 nitrogen and oxygen atoms in total. The Morgan fingerprint density at radius 3 is 2.79 bits per heavy atom. The van der Waals surface area contributed by atoms with Gasteiger partial charge in [0, 0.05) is 28.0 Å². The van der Waals surface area contributed by atoms with Gasteiger partial charge in [0.2, 0.25) is 5.96 Å². The molecule has 1 unspecified atom stereocenters. The third kappa shape index (κ3) is 5.00. The van der Waals surface area contributed by atoms with Crippen LogP contribution < -0.4 is 21.7 Å². The number of nitrogens with one attached hydrogen (secondary N) is 3. The molecule has 38 heavy (non-hydrogen) atoms. The number of aromatic nitrogens is 1. The van der Waals surface area contributed by atoms with E-state index in [4.69, 9.17) is 27.1 Å². The van der Waals surface area contributed by atoms with Gasteiger partial charge >= 0.3 is 5.97 Å². The number of halogens is 1. The molecular weight excluding hydrogens is 510 g/mol. The number of fused-ring (bicyclic) bond motifs is 1. The molecule has 0 aliphatic carbocycles. The van der Waals surface area contributed by atoms with Gasteiger partial charge in [-0.3, -0.25) is 10.1 Å². The van der Waals surface area contributed by atoms with Crippen LogP contribution in [0.1, 0.15) is 34.5 Å². The monoisotopic (exact) mass is 531 g/mol. The Morgan fingerprint density at radius 2 is 2.00 bits per heavy atom. The Kier molecular flexibility index (Phi) is 6.67. The number of carboxylic acids is 1. The third-order valence-electron chi connectivity index (χ3n) is 5.89. The lowest BCUT2D eigenvalue weighted by Gasteiger charge is -2.28. The molecule has 1 atom stereocenters. The lowest BCUT2D eigenvalue weighted by atomic mass is 9.95. The van der Waals surface area contributed by atoms with E-state index in [1.807, 2.05) is 12.1 Å². The van der Waals surface area contributed by atoms with Gasteiger partial charge in [0.25, 0.3) is 11.9 Å². The SMILES string of the molecule is CC1=C(C(=O)Nc2cc(C(=O)O)ccn2)C(c2ccccc2Cl)N=C(NC2=Nc3c(N)cccc3CO2)N1. The molecule has 6 N–H and O–H groups in total. The predicted octanol–water partition coefficient (Wildman–Crippen LogP) is 3.74. The van der Waals surface area contributed by atoms with Gasteiger partial charge in [-0.25, -0.2) is 14.8 Å². The molecule has 0 bridgehead atoms. The molecule has 3 aromatic rings. The van der Waals surface area contributed by atoms with Crippen molar-refractivity contribution in [1.29, 1.82) is 0 Å². The number of ether oxygens (including phenoxy) is 1. The second kappa shape index (κ2) is 10.2. The second-order valence-corrected chi connectivity index (χ2v) is 8.85. The zero-order valence-electron chi connectivity index (χ0n) is 20.0. The smallest absolute Gasteiger partial charge is 0.335 e. The number of nitrogens with zero attached hydrogens (tertiary/aromatic N) is 3. The van der Waals surface area contributed by atoms with E-state index in [1.54, 1.807) is 37.3 Å². The maximum Gasteiger partial charge on any atom is 0.335 e. The van der Waals surface area contributed by atoms with Crippen LogP contribution in [0.5, 0.6) is 0 Å². The number of para-hydroxylation sites is 1. The number of guanidine groups is 1. The van der Waals surface area contributed by atoms with Gasteiger partial charge < -0.3 is 26.2 Å². The Bertz CT molecular complexity index is 1550. The summed E-state index contributed by atoms with van der Waals surface area (Å²) >= 11 is 6.50. The zero-order chi connectivity index (χ0) is 26.8. The molecule has 5 rings (SSSR count). The van der Waals surface area contributed by atoms with Crippen molar-refractivity contribution in [2.24, 2.45) is 9.98 Å². The van der Waals surface area contributed by atoms with E-state index in [0.29, 0.717) is 27.7 Å². The number of carbonyl (C=O) groups is 2. The minimum atomic E-state index is -1.14. The van der Waals surface area contributed by atoms with E-state index < -0.39 is 17.9 Å². The Morgan fingerprint density at radius 1 is 1.18 bits per heavy atom. The highest BCUT2D eigenvalue weighted by Gasteiger charge is 2.31. The van der Waals surface area contributed by atoms with Crippen molar-refractivity contribution in [3.63, 3.8) is 0 Å². The molecule has 2 aliphatic heterocycles. The Labute approximate surface area is 222 Å². The average molecular weight is 532 g/mol. The highest BCUT2D eigenvalue weighted by Crippen LogP contribution is 2.35. The lowest BCUT2D eigenvalue weighted by Crippen LogP contribution is -2.45. The number of carboxylic acid groups (broad SMARTS) is 1. The average Bonchev–Trinajstić information content (AvgIpc) is 2.89. The number of nitrogen functional groups attached to an aromatic ring is 1. The van der Waals surface area contributed by atoms with Crippen molar-refractivity contribution in [2.45, 2.75) is 19.6 Å². The summed E-state index contributed by atoms with van der Waals surface area (Å²) in [5, 5.41) is 18.4. The molecule has 0 saturated heterocycles. The van der Waals surface area contributed by atoms with Crippen LogP contribution in [0.2, 0.25) is 5.02 Å². The van der Waals surface area contributed by atoms with Gasteiger partial charge in [0.15, 0.2) is 0 Å². The molecule has 1 aromatic heterocycles. The minimum Gasteiger partial charge on any atom is -0.478 e. The zero-order valence-corrected chi connectivity index (χ0v) is 20.8. The molecule has 2 aromatic carbocycles. The molecule has 0 radical (unpaired) electrons. The van der Waals surface area contributed by atoms with Crippen molar-refractivity contribution in [1.82, 2.24) is 15.6 Å². The first-order valence-electron chi connectivity index (χ1n) is 11.5. The summed E-state index contributed by atoms with van der Waals surface area (Å²) in [6, 6.07) is 14.5. The van der Waals surface area contributed by atoms with E-state index >= 15 is 0 Å². The lowest BCUT2D eigenvalue weighted by molar-refractivity contribution is -0.113. The summed E-state index contributed by atoms with van der Waals surface area (Å²) in [6.45, 7) is 1.99. The van der Waals surface area contributed by atoms with Gasteiger partial charge in [-0.2, -0.15) is 4.99 Å². The predicted molar refractivity (Wildman–Crippen MR) is 143 cm³/mol. The van der Waals surface area contributed by atoms with Crippen molar-refractivity contribution >= 4 is 52.7 Å². The minimum absolute atomic E-state index is 0.00889. The fraction of sp³-hybridized carbons (Fsp3) is 0.115. The number of hydrogen-bond donors (Lipinski definition) is 5. The number of amides is 1. The number of aromatic carboxylic acids is 1. The van der Waals surface area contributed by atoms with Gasteiger partial charge in [0.1, 0.15) is 18.5 Å². The van der Waals surface area contributed by atoms with Crippen LogP contribution in [0, 0.1) is 0 Å². The van der Waals surface area contributed by atoms with Crippen LogP contribution in [-0.2, 0) is 16.1 Å². The first kappa shape index (κ1) is 24.8. The first-order chi connectivity index (χ1) is 18.3. The standard InChI is InChI=1S/C26H22ClN7O4/c1-13-20(23(35)31-19-11-14(24(36)37)9-10-29-19)22(16-6-2-3-7-17(16)27)32-25(30-13)34-26-33-21-15(12-38-26)5-4-8-18(21)28/h2-11,22H,12,28H2,1H3,(H,36,37)(H,29,31,35)(H2,30,32,33,34). The molecular formula is C26H22ClN7O4. The molecule has 0 saturated carbocycles. The molecule has 192 valence electrons. The number of rotatable bonds is 4. The quantitative estimate of drug-likeness (QED) is 0.318. The third-order valence-corrected chi connectivity index (χ3v) is 6.23. The van der Waals surface area contributed by atoms with Gasteiger partial charge in [-0.1, -0.05) is 41.9 Å². The first-order valence-corrected chi connectivity index (χ1v) is 11.8. The normalized spacial score (nSPS) is 16.3. The van der Waals surface area contributed by atoms with Crippen molar-refractivity contribution in [3.05, 3.63) is 93.8 Å². The number of nitrogens with two attached hydrogens (primary N) is 1. The van der Waals surface area contributed by atoms with Crippen LogP contribution in [0.15, 0.2) is 82.0 Å². The van der Waals surface area contributed by atoms with Crippen LogP contribution in [0.4, 0.5) is 17.2 Å². The van der Waals surface area contributed by atoms with Crippen LogP contribution in [-0.4, -0.2) is 33.9 Å². The molecule has 1 amide bonds. The van der Waals surface area contributed by atoms with Crippen molar-refractivity contribution < 1.29 is 19.4 Å². The van der Waals surface area contributed by atoms with E-state index in [2.05, 4.69) is 25.9 Å². The number of benzene rings is 2. The molecule has 2 aliphatic rings. The summed E-state index contributed by atoms with van der Waals surface area (Å²) in [5.74, 6) is -1.29. The van der Waals surface area contributed by atoms with Gasteiger partial charge in [0.05, 0.1) is 22.5 Å². The number of aliphatic imine (C=N–C) groups is 2. The summed E-state index contributed by atoms with van der Waals surface area (Å²) in [5.41, 5.74) is 9.40. The van der Waals surface area contributed by atoms with E-state index in [0.717, 1.165) is 5.56 Å². The number of allylic oxidation sites excluding steroid dienone is 1. The van der Waals surface area contributed by atoms with E-state index in [-0.39, 0.29) is 35.5 Å². The fourth-order valence-corrected chi connectivity index (χ4v) is 4.32. The van der Waals surface area contributed by atoms with Crippen molar-refractivity contribution in [2.75, 3.05) is 11.1 Å².